The van der Waals surface area contributed by atoms with Crippen LogP contribution in [0.4, 0.5) is 10.5 Å². The Balaban J connectivity index is 1.36. The van der Waals surface area contributed by atoms with Gasteiger partial charge in [0.05, 0.1) is 12.6 Å². The Morgan fingerprint density at radius 2 is 1.89 bits per heavy atom. The van der Waals surface area contributed by atoms with Gasteiger partial charge < -0.3 is 19.9 Å². The van der Waals surface area contributed by atoms with E-state index in [4.69, 9.17) is 4.74 Å². The van der Waals surface area contributed by atoms with Crippen molar-refractivity contribution < 1.29 is 14.3 Å². The van der Waals surface area contributed by atoms with Crippen molar-refractivity contribution in [3.63, 3.8) is 0 Å². The number of amides is 3. The Hall–Kier alpha value is -3.02. The number of hydrogen-bond acceptors (Lipinski definition) is 3. The van der Waals surface area contributed by atoms with Gasteiger partial charge in [-0.25, -0.2) is 4.79 Å². The summed E-state index contributed by atoms with van der Waals surface area (Å²) in [6.07, 6.45) is 1.19. The molecule has 0 aliphatic carbocycles. The van der Waals surface area contributed by atoms with Crippen LogP contribution in [0.25, 0.3) is 0 Å². The van der Waals surface area contributed by atoms with E-state index in [1.165, 1.54) is 11.1 Å². The number of nitrogens with zero attached hydrogens (tertiary/aromatic N) is 2. The maximum Gasteiger partial charge on any atom is 0.318 e. The number of nitrogens with one attached hydrogen (secondary N) is 1. The van der Waals surface area contributed by atoms with Crippen molar-refractivity contribution in [2.75, 3.05) is 24.6 Å². The number of ether oxygens (including phenoxy) is 1. The summed E-state index contributed by atoms with van der Waals surface area (Å²) in [5.74, 6) is 0.812. The molecule has 6 heteroatoms. The SMILES string of the molecule is CCOc1ccc(N2C[C@H](NC(=O)N3CCc4ccccc4C3)CC2=O)cc1. The number of fused-ring (bicyclic) bond motifs is 1. The fraction of sp³-hybridized carbons (Fsp3) is 0.364. The van der Waals surface area contributed by atoms with Crippen LogP contribution >= 0.6 is 0 Å². The molecule has 4 rings (SSSR count). The molecule has 0 spiro atoms. The molecule has 2 aromatic carbocycles. The lowest BCUT2D eigenvalue weighted by atomic mass is 10.0. The molecule has 1 atom stereocenters. The largest absolute Gasteiger partial charge is 0.494 e. The summed E-state index contributed by atoms with van der Waals surface area (Å²) in [5.41, 5.74) is 3.34. The molecule has 2 heterocycles. The summed E-state index contributed by atoms with van der Waals surface area (Å²) >= 11 is 0. The van der Waals surface area contributed by atoms with Gasteiger partial charge in [-0.15, -0.1) is 0 Å². The van der Waals surface area contributed by atoms with E-state index in [9.17, 15) is 9.59 Å². The summed E-state index contributed by atoms with van der Waals surface area (Å²) in [6.45, 7) is 4.35. The lowest BCUT2D eigenvalue weighted by Gasteiger charge is -2.30. The first-order valence-electron chi connectivity index (χ1n) is 9.79. The molecule has 1 saturated heterocycles. The van der Waals surface area contributed by atoms with Crippen molar-refractivity contribution in [3.05, 3.63) is 59.7 Å². The van der Waals surface area contributed by atoms with Crippen LogP contribution in [0.5, 0.6) is 5.75 Å². The third-order valence-electron chi connectivity index (χ3n) is 5.33. The fourth-order valence-electron chi connectivity index (χ4n) is 3.88. The summed E-state index contributed by atoms with van der Waals surface area (Å²) in [4.78, 5) is 28.7. The van der Waals surface area contributed by atoms with Gasteiger partial charge in [0.15, 0.2) is 0 Å². The summed E-state index contributed by atoms with van der Waals surface area (Å²) in [7, 11) is 0. The summed E-state index contributed by atoms with van der Waals surface area (Å²) < 4.78 is 5.45. The molecule has 0 aromatic heterocycles. The number of carbonyl (C=O) groups is 2. The topological polar surface area (TPSA) is 61.9 Å². The summed E-state index contributed by atoms with van der Waals surface area (Å²) in [6, 6.07) is 15.5. The van der Waals surface area contributed by atoms with Crippen LogP contribution in [0.1, 0.15) is 24.5 Å². The van der Waals surface area contributed by atoms with Gasteiger partial charge in [-0.3, -0.25) is 4.79 Å². The van der Waals surface area contributed by atoms with E-state index in [-0.39, 0.29) is 18.0 Å². The van der Waals surface area contributed by atoms with E-state index in [1.54, 1.807) is 4.90 Å². The van der Waals surface area contributed by atoms with E-state index < -0.39 is 0 Å². The van der Waals surface area contributed by atoms with Crippen molar-refractivity contribution in [2.24, 2.45) is 0 Å². The molecule has 3 amide bonds. The normalized spacial score (nSPS) is 18.8. The highest BCUT2D eigenvalue weighted by Gasteiger charge is 2.33. The molecule has 2 aliphatic rings. The molecule has 1 N–H and O–H groups in total. The smallest absolute Gasteiger partial charge is 0.318 e. The van der Waals surface area contributed by atoms with Gasteiger partial charge >= 0.3 is 6.03 Å². The third kappa shape index (κ3) is 3.81. The second-order valence-corrected chi connectivity index (χ2v) is 7.22. The first-order valence-corrected chi connectivity index (χ1v) is 9.79. The molecule has 146 valence electrons. The molecule has 28 heavy (non-hydrogen) atoms. The van der Waals surface area contributed by atoms with Crippen LogP contribution < -0.4 is 15.0 Å². The maximum absolute atomic E-state index is 12.7. The Morgan fingerprint density at radius 3 is 2.64 bits per heavy atom. The lowest BCUT2D eigenvalue weighted by Crippen LogP contribution is -2.47. The first-order chi connectivity index (χ1) is 13.6. The highest BCUT2D eigenvalue weighted by Crippen LogP contribution is 2.25. The van der Waals surface area contributed by atoms with Gasteiger partial charge in [0, 0.05) is 31.7 Å². The van der Waals surface area contributed by atoms with Crippen LogP contribution in [0, 0.1) is 0 Å². The fourth-order valence-corrected chi connectivity index (χ4v) is 3.88. The average molecular weight is 379 g/mol. The van der Waals surface area contributed by atoms with Crippen molar-refractivity contribution in [3.8, 4) is 5.75 Å². The van der Waals surface area contributed by atoms with Gasteiger partial charge in [-0.2, -0.15) is 0 Å². The van der Waals surface area contributed by atoms with Crippen LogP contribution in [-0.4, -0.2) is 42.6 Å². The van der Waals surface area contributed by atoms with Gasteiger partial charge in [-0.05, 0) is 48.7 Å². The second kappa shape index (κ2) is 7.92. The number of anilines is 1. The predicted molar refractivity (Wildman–Crippen MR) is 107 cm³/mol. The number of carbonyl (C=O) groups excluding carboxylic acids is 2. The minimum Gasteiger partial charge on any atom is -0.494 e. The highest BCUT2D eigenvalue weighted by atomic mass is 16.5. The Labute approximate surface area is 165 Å². The van der Waals surface area contributed by atoms with Gasteiger partial charge in [0.25, 0.3) is 0 Å². The molecule has 2 aromatic rings. The van der Waals surface area contributed by atoms with Gasteiger partial charge in [0.2, 0.25) is 5.91 Å². The molecule has 0 unspecified atom stereocenters. The minimum absolute atomic E-state index is 0.0263. The number of rotatable bonds is 4. The Bertz CT molecular complexity index is 866. The van der Waals surface area contributed by atoms with Gasteiger partial charge in [0.1, 0.15) is 5.75 Å². The third-order valence-corrected chi connectivity index (χ3v) is 5.33. The molecule has 0 radical (unpaired) electrons. The second-order valence-electron chi connectivity index (χ2n) is 7.22. The predicted octanol–water partition coefficient (Wildman–Crippen LogP) is 2.96. The molecular formula is C22H25N3O3. The molecular weight excluding hydrogens is 354 g/mol. The van der Waals surface area contributed by atoms with E-state index >= 15 is 0 Å². The van der Waals surface area contributed by atoms with Crippen molar-refractivity contribution in [1.29, 1.82) is 0 Å². The zero-order valence-corrected chi connectivity index (χ0v) is 16.1. The van der Waals surface area contributed by atoms with E-state index in [2.05, 4.69) is 17.4 Å². The van der Waals surface area contributed by atoms with Crippen LogP contribution in [-0.2, 0) is 17.8 Å². The highest BCUT2D eigenvalue weighted by molar-refractivity contribution is 5.96. The van der Waals surface area contributed by atoms with Gasteiger partial charge in [-0.1, -0.05) is 24.3 Å². The Kier molecular flexibility index (Phi) is 5.19. The van der Waals surface area contributed by atoms with Crippen LogP contribution in [0.2, 0.25) is 0 Å². The molecule has 6 nitrogen and oxygen atoms in total. The molecule has 0 bridgehead atoms. The van der Waals surface area contributed by atoms with E-state index in [0.29, 0.717) is 32.7 Å². The van der Waals surface area contributed by atoms with Crippen molar-refractivity contribution in [1.82, 2.24) is 10.2 Å². The standard InChI is InChI=1S/C22H25N3O3/c1-2-28-20-9-7-19(8-10-20)25-15-18(13-21(25)26)23-22(27)24-12-11-16-5-3-4-6-17(16)14-24/h3-10,18H,2,11-15H2,1H3,(H,23,27)/t18-/m1/s1. The zero-order chi connectivity index (χ0) is 19.5. The van der Waals surface area contributed by atoms with Crippen LogP contribution in [0.15, 0.2) is 48.5 Å². The Morgan fingerprint density at radius 1 is 1.14 bits per heavy atom. The van der Waals surface area contributed by atoms with Crippen molar-refractivity contribution >= 4 is 17.6 Å². The monoisotopic (exact) mass is 379 g/mol. The summed E-state index contributed by atoms with van der Waals surface area (Å²) in [5, 5.41) is 3.04. The van der Waals surface area contributed by atoms with E-state index in [0.717, 1.165) is 17.9 Å². The van der Waals surface area contributed by atoms with E-state index in [1.807, 2.05) is 48.2 Å². The number of urea groups is 1. The molecule has 0 saturated carbocycles. The van der Waals surface area contributed by atoms with Crippen LogP contribution in [0.3, 0.4) is 0 Å². The first kappa shape index (κ1) is 18.3. The van der Waals surface area contributed by atoms with Crippen molar-refractivity contribution in [2.45, 2.75) is 32.4 Å². The average Bonchev–Trinajstić information content (AvgIpc) is 3.08. The quantitative estimate of drug-likeness (QED) is 0.888. The molecule has 2 aliphatic heterocycles. The zero-order valence-electron chi connectivity index (χ0n) is 16.1. The lowest BCUT2D eigenvalue weighted by molar-refractivity contribution is -0.117. The minimum atomic E-state index is -0.177. The number of benzene rings is 2. The maximum atomic E-state index is 12.7. The number of hydrogen-bond donors (Lipinski definition) is 1. The molecule has 1 fully saturated rings.